The minimum Gasteiger partial charge on any atom is -0.303 e. The molecule has 1 aromatic rings. The predicted octanol–water partition coefficient (Wildman–Crippen LogP) is 2.90. The highest BCUT2D eigenvalue weighted by molar-refractivity contribution is 5.58. The third-order valence-electron chi connectivity index (χ3n) is 2.59. The van der Waals surface area contributed by atoms with Crippen molar-refractivity contribution in [3.8, 4) is 0 Å². The van der Waals surface area contributed by atoms with Crippen LogP contribution in [0.4, 0.5) is 0 Å². The largest absolute Gasteiger partial charge is 0.303 e. The number of carbonyl (C=O) groups is 1. The van der Waals surface area contributed by atoms with E-state index in [4.69, 9.17) is 0 Å². The average molecular weight is 231 g/mol. The van der Waals surface area contributed by atoms with Gasteiger partial charge in [-0.3, -0.25) is 4.90 Å². The minimum atomic E-state index is -0.308. The second-order valence-electron chi connectivity index (χ2n) is 5.05. The molecule has 0 aromatic heterocycles. The van der Waals surface area contributed by atoms with Crippen molar-refractivity contribution in [2.75, 3.05) is 13.1 Å². The molecule has 0 atom stereocenters. The van der Waals surface area contributed by atoms with Gasteiger partial charge in [0.1, 0.15) is 6.29 Å². The molecule has 0 amide bonds. The van der Waals surface area contributed by atoms with Crippen LogP contribution >= 0.6 is 0 Å². The number of nitrogens with zero attached hydrogens (tertiary/aromatic N) is 1. The topological polar surface area (TPSA) is 20.3 Å². The average Bonchev–Trinajstić information content (AvgIpc) is 2.30. The zero-order chi connectivity index (χ0) is 12.7. The van der Waals surface area contributed by atoms with Gasteiger partial charge in [-0.1, -0.05) is 50.3 Å². The fourth-order valence-corrected chi connectivity index (χ4v) is 1.82. The molecule has 92 valence electrons. The highest BCUT2D eigenvalue weighted by atomic mass is 16.1. The molecule has 0 spiro atoms. The summed E-state index contributed by atoms with van der Waals surface area (Å²) in [5.41, 5.74) is 0.952. The molecular weight excluding hydrogens is 210 g/mol. The maximum Gasteiger partial charge on any atom is 0.126 e. The summed E-state index contributed by atoms with van der Waals surface area (Å²) in [6.07, 6.45) is 2.90. The Morgan fingerprint density at radius 2 is 1.94 bits per heavy atom. The summed E-state index contributed by atoms with van der Waals surface area (Å²) in [6.45, 7) is 10.1. The Labute approximate surface area is 104 Å². The molecule has 0 N–H and O–H groups in total. The van der Waals surface area contributed by atoms with Crippen LogP contribution < -0.4 is 0 Å². The molecule has 0 unspecified atom stereocenters. The number of aldehydes is 1. The summed E-state index contributed by atoms with van der Waals surface area (Å²) in [4.78, 5) is 13.2. The molecule has 2 heteroatoms. The lowest BCUT2D eigenvalue weighted by Crippen LogP contribution is -2.35. The van der Waals surface area contributed by atoms with Crippen molar-refractivity contribution in [1.29, 1.82) is 0 Å². The van der Waals surface area contributed by atoms with E-state index in [0.29, 0.717) is 0 Å². The van der Waals surface area contributed by atoms with E-state index < -0.39 is 0 Å². The van der Waals surface area contributed by atoms with Crippen molar-refractivity contribution in [1.82, 2.24) is 4.90 Å². The molecule has 0 fully saturated rings. The third kappa shape index (κ3) is 4.96. The molecule has 0 radical (unpaired) electrons. The van der Waals surface area contributed by atoms with Crippen LogP contribution in [-0.4, -0.2) is 24.3 Å². The standard InChI is InChI=1S/C15H21NO/c1-4-10-16(12-15(2,3)13-17)11-14-8-6-5-7-9-14/h4-9,13H,1,10-12H2,2-3H3. The summed E-state index contributed by atoms with van der Waals surface area (Å²) in [5.74, 6) is 0. The van der Waals surface area contributed by atoms with E-state index in [1.807, 2.05) is 38.1 Å². The van der Waals surface area contributed by atoms with Gasteiger partial charge in [0.2, 0.25) is 0 Å². The van der Waals surface area contributed by atoms with Gasteiger partial charge in [0.25, 0.3) is 0 Å². The van der Waals surface area contributed by atoms with Crippen LogP contribution in [-0.2, 0) is 11.3 Å². The van der Waals surface area contributed by atoms with Crippen LogP contribution in [0.25, 0.3) is 0 Å². The lowest BCUT2D eigenvalue weighted by molar-refractivity contribution is -0.115. The lowest BCUT2D eigenvalue weighted by atomic mass is 9.95. The molecule has 1 rings (SSSR count). The van der Waals surface area contributed by atoms with E-state index in [-0.39, 0.29) is 5.41 Å². The Morgan fingerprint density at radius 3 is 2.47 bits per heavy atom. The molecule has 2 nitrogen and oxygen atoms in total. The normalized spacial score (nSPS) is 11.5. The fourth-order valence-electron chi connectivity index (χ4n) is 1.82. The van der Waals surface area contributed by atoms with E-state index in [0.717, 1.165) is 25.9 Å². The van der Waals surface area contributed by atoms with E-state index >= 15 is 0 Å². The Balaban J connectivity index is 2.66. The van der Waals surface area contributed by atoms with Gasteiger partial charge in [-0.15, -0.1) is 6.58 Å². The first kappa shape index (κ1) is 13.7. The van der Waals surface area contributed by atoms with Crippen molar-refractivity contribution in [2.24, 2.45) is 5.41 Å². The predicted molar refractivity (Wildman–Crippen MR) is 71.8 cm³/mol. The fraction of sp³-hybridized carbons (Fsp3) is 0.400. The molecule has 0 heterocycles. The van der Waals surface area contributed by atoms with E-state index in [1.54, 1.807) is 0 Å². The van der Waals surface area contributed by atoms with E-state index in [1.165, 1.54) is 5.56 Å². The molecule has 0 aliphatic heterocycles. The second-order valence-corrected chi connectivity index (χ2v) is 5.05. The highest BCUT2D eigenvalue weighted by Crippen LogP contribution is 2.15. The second kappa shape index (κ2) is 6.36. The van der Waals surface area contributed by atoms with Gasteiger partial charge in [0.15, 0.2) is 0 Å². The van der Waals surface area contributed by atoms with Gasteiger partial charge in [-0.25, -0.2) is 0 Å². The van der Waals surface area contributed by atoms with Gasteiger partial charge in [0, 0.05) is 25.0 Å². The minimum absolute atomic E-state index is 0.308. The van der Waals surface area contributed by atoms with E-state index in [9.17, 15) is 4.79 Å². The summed E-state index contributed by atoms with van der Waals surface area (Å²) in [5, 5.41) is 0. The molecule has 0 aliphatic carbocycles. The zero-order valence-electron chi connectivity index (χ0n) is 10.7. The van der Waals surface area contributed by atoms with Crippen LogP contribution in [0, 0.1) is 5.41 Å². The Kier molecular flexibility index (Phi) is 5.11. The highest BCUT2D eigenvalue weighted by Gasteiger charge is 2.20. The molecule has 1 aromatic carbocycles. The van der Waals surface area contributed by atoms with Crippen molar-refractivity contribution in [2.45, 2.75) is 20.4 Å². The number of benzene rings is 1. The van der Waals surface area contributed by atoms with Crippen molar-refractivity contribution < 1.29 is 4.79 Å². The van der Waals surface area contributed by atoms with Gasteiger partial charge in [-0.05, 0) is 5.56 Å². The van der Waals surface area contributed by atoms with Crippen LogP contribution in [0.1, 0.15) is 19.4 Å². The first-order valence-corrected chi connectivity index (χ1v) is 5.91. The molecule has 0 aliphatic rings. The monoisotopic (exact) mass is 231 g/mol. The molecule has 0 saturated carbocycles. The van der Waals surface area contributed by atoms with Crippen molar-refractivity contribution in [3.63, 3.8) is 0 Å². The van der Waals surface area contributed by atoms with Crippen LogP contribution in [0.3, 0.4) is 0 Å². The van der Waals surface area contributed by atoms with Gasteiger partial charge >= 0.3 is 0 Å². The number of hydrogen-bond donors (Lipinski definition) is 0. The number of rotatable bonds is 7. The molecule has 0 bridgehead atoms. The van der Waals surface area contributed by atoms with Gasteiger partial charge in [-0.2, -0.15) is 0 Å². The summed E-state index contributed by atoms with van der Waals surface area (Å²) < 4.78 is 0. The van der Waals surface area contributed by atoms with Gasteiger partial charge < -0.3 is 4.79 Å². The maximum atomic E-state index is 11.0. The first-order chi connectivity index (χ1) is 8.07. The Bertz CT molecular complexity index is 356. The summed E-state index contributed by atoms with van der Waals surface area (Å²) in [7, 11) is 0. The number of hydrogen-bond acceptors (Lipinski definition) is 2. The third-order valence-corrected chi connectivity index (χ3v) is 2.59. The maximum absolute atomic E-state index is 11.0. The quantitative estimate of drug-likeness (QED) is 0.531. The zero-order valence-corrected chi connectivity index (χ0v) is 10.7. The van der Waals surface area contributed by atoms with Crippen molar-refractivity contribution in [3.05, 3.63) is 48.6 Å². The number of carbonyl (C=O) groups excluding carboxylic acids is 1. The van der Waals surface area contributed by atoms with Crippen molar-refractivity contribution >= 4 is 6.29 Å². The smallest absolute Gasteiger partial charge is 0.126 e. The molecule has 17 heavy (non-hydrogen) atoms. The molecular formula is C15H21NO. The van der Waals surface area contributed by atoms with Crippen LogP contribution in [0.5, 0.6) is 0 Å². The summed E-state index contributed by atoms with van der Waals surface area (Å²) >= 11 is 0. The molecule has 0 saturated heterocycles. The van der Waals surface area contributed by atoms with Gasteiger partial charge in [0.05, 0.1) is 0 Å². The van der Waals surface area contributed by atoms with Crippen LogP contribution in [0.15, 0.2) is 43.0 Å². The Morgan fingerprint density at radius 1 is 1.29 bits per heavy atom. The van der Waals surface area contributed by atoms with Crippen LogP contribution in [0.2, 0.25) is 0 Å². The van der Waals surface area contributed by atoms with E-state index in [2.05, 4.69) is 23.6 Å². The first-order valence-electron chi connectivity index (χ1n) is 5.91. The Hall–Kier alpha value is -1.41. The summed E-state index contributed by atoms with van der Waals surface area (Å²) in [6, 6.07) is 10.3. The SMILES string of the molecule is C=CCN(Cc1ccccc1)CC(C)(C)C=O. The lowest BCUT2D eigenvalue weighted by Gasteiger charge is -2.28.